The molecule has 3 N–H and O–H groups in total. The Morgan fingerprint density at radius 1 is 1.20 bits per heavy atom. The van der Waals surface area contributed by atoms with Gasteiger partial charge in [-0.05, 0) is 62.2 Å². The molecule has 4 heterocycles. The Labute approximate surface area is 261 Å². The van der Waals surface area contributed by atoms with Gasteiger partial charge in [-0.3, -0.25) is 4.79 Å². The molecule has 1 aromatic carbocycles. The van der Waals surface area contributed by atoms with Crippen molar-refractivity contribution >= 4 is 17.6 Å². The normalized spacial score (nSPS) is 16.9. The van der Waals surface area contributed by atoms with Crippen molar-refractivity contribution in [3.05, 3.63) is 65.7 Å². The standard InChI is InChI=1S/C29H29FN6O3.C2HF3O2/c1-2-38-28-22(4-3-9-33-28)23-6-8-25(26(35-23)27(37)34-20-14-32-15-20)39-21-11-29(12-21)16-36(17-29)24-7-5-19(30)10-18(24)13-31;3-2(4,5)1(6)7/h3-10,20-21,32H,2,11-12,14-17H2,1H3,(H,34,37);(H,6,7). The van der Waals surface area contributed by atoms with Gasteiger partial charge in [0, 0.05) is 37.8 Å². The molecule has 3 aliphatic rings. The molecular weight excluding hydrogens is 612 g/mol. The molecule has 0 radical (unpaired) electrons. The molecule has 2 aliphatic heterocycles. The molecule has 46 heavy (non-hydrogen) atoms. The van der Waals surface area contributed by atoms with Crippen molar-refractivity contribution in [1.29, 1.82) is 5.26 Å². The monoisotopic (exact) mass is 642 g/mol. The Balaban J connectivity index is 0.000000537. The molecule has 1 spiro atoms. The summed E-state index contributed by atoms with van der Waals surface area (Å²) in [5.74, 6) is -2.52. The number of carboxylic acids is 1. The van der Waals surface area contributed by atoms with Gasteiger partial charge >= 0.3 is 12.1 Å². The van der Waals surface area contributed by atoms with E-state index in [0.29, 0.717) is 35.1 Å². The number of alkyl halides is 3. The first-order chi connectivity index (χ1) is 21.9. The number of hydrogen-bond acceptors (Lipinski definition) is 9. The van der Waals surface area contributed by atoms with Crippen molar-refractivity contribution in [2.75, 3.05) is 37.7 Å². The largest absolute Gasteiger partial charge is 0.490 e. The van der Waals surface area contributed by atoms with Crippen molar-refractivity contribution in [2.24, 2.45) is 5.41 Å². The lowest BCUT2D eigenvalue weighted by Crippen LogP contribution is -2.65. The topological polar surface area (TPSA) is 150 Å². The van der Waals surface area contributed by atoms with Gasteiger partial charge in [0.15, 0.2) is 11.4 Å². The lowest BCUT2D eigenvalue weighted by atomic mass is 9.61. The van der Waals surface area contributed by atoms with Crippen LogP contribution in [0.4, 0.5) is 23.2 Å². The van der Waals surface area contributed by atoms with E-state index in [0.717, 1.165) is 44.7 Å². The van der Waals surface area contributed by atoms with Crippen LogP contribution in [0.2, 0.25) is 0 Å². The second-order valence-corrected chi connectivity index (χ2v) is 11.2. The van der Waals surface area contributed by atoms with Gasteiger partial charge in [0.25, 0.3) is 5.91 Å². The fraction of sp³-hybridized carbons (Fsp3) is 0.387. The number of amides is 1. The molecule has 11 nitrogen and oxygen atoms in total. The van der Waals surface area contributed by atoms with E-state index in [4.69, 9.17) is 24.4 Å². The van der Waals surface area contributed by atoms with Crippen molar-refractivity contribution < 1.29 is 41.7 Å². The van der Waals surface area contributed by atoms with Crippen LogP contribution in [0.3, 0.4) is 0 Å². The molecular formula is C31H30F4N6O5. The molecule has 1 amide bonds. The molecule has 6 rings (SSSR count). The molecule has 1 aliphatic carbocycles. The van der Waals surface area contributed by atoms with Gasteiger partial charge < -0.3 is 30.1 Å². The molecule has 242 valence electrons. The van der Waals surface area contributed by atoms with Crippen LogP contribution in [-0.2, 0) is 4.79 Å². The van der Waals surface area contributed by atoms with E-state index in [1.165, 1.54) is 12.1 Å². The fourth-order valence-electron chi connectivity index (χ4n) is 5.57. The highest BCUT2D eigenvalue weighted by Crippen LogP contribution is 2.51. The van der Waals surface area contributed by atoms with Crippen molar-refractivity contribution in [3.8, 4) is 29.0 Å². The summed E-state index contributed by atoms with van der Waals surface area (Å²) in [5.41, 5.74) is 2.75. The first-order valence-electron chi connectivity index (χ1n) is 14.4. The zero-order chi connectivity index (χ0) is 33.1. The summed E-state index contributed by atoms with van der Waals surface area (Å²) < 4.78 is 57.3. The average Bonchev–Trinajstić information content (AvgIpc) is 2.96. The molecule has 0 atom stereocenters. The third-order valence-electron chi connectivity index (χ3n) is 7.85. The number of carbonyl (C=O) groups excluding carboxylic acids is 1. The summed E-state index contributed by atoms with van der Waals surface area (Å²) >= 11 is 0. The third kappa shape index (κ3) is 7.12. The minimum Gasteiger partial charge on any atom is -0.488 e. The number of rotatable bonds is 8. The minimum absolute atomic E-state index is 0.0437. The quantitative estimate of drug-likeness (QED) is 0.309. The maximum absolute atomic E-state index is 13.5. The van der Waals surface area contributed by atoms with Gasteiger partial charge in [-0.2, -0.15) is 18.4 Å². The lowest BCUT2D eigenvalue weighted by Gasteiger charge is -2.59. The SMILES string of the molecule is CCOc1ncccc1-c1ccc(OC2CC3(C2)CN(c2ccc(F)cc2C#N)C3)c(C(=O)NC2CNC2)n1.O=C(O)C(F)(F)F. The Hall–Kier alpha value is -4.97. The van der Waals surface area contributed by atoms with Gasteiger partial charge in [-0.15, -0.1) is 0 Å². The number of nitrogens with one attached hydrogen (secondary N) is 2. The maximum Gasteiger partial charge on any atom is 0.490 e. The first kappa shape index (κ1) is 32.4. The molecule has 3 aromatic rings. The molecule has 0 bridgehead atoms. The third-order valence-corrected chi connectivity index (χ3v) is 7.85. The van der Waals surface area contributed by atoms with Crippen LogP contribution < -0.4 is 25.0 Å². The van der Waals surface area contributed by atoms with E-state index >= 15 is 0 Å². The first-order valence-corrected chi connectivity index (χ1v) is 14.4. The number of pyridine rings is 2. The number of benzene rings is 1. The predicted molar refractivity (Wildman–Crippen MR) is 156 cm³/mol. The van der Waals surface area contributed by atoms with E-state index in [-0.39, 0.29) is 29.2 Å². The molecule has 2 saturated heterocycles. The summed E-state index contributed by atoms with van der Waals surface area (Å²) in [5, 5.41) is 22.7. The van der Waals surface area contributed by atoms with Gasteiger partial charge in [0.1, 0.15) is 18.0 Å². The number of ether oxygens (including phenoxy) is 2. The highest BCUT2D eigenvalue weighted by molar-refractivity contribution is 5.96. The van der Waals surface area contributed by atoms with Crippen LogP contribution in [0.25, 0.3) is 11.3 Å². The lowest BCUT2D eigenvalue weighted by molar-refractivity contribution is -0.192. The zero-order valence-electron chi connectivity index (χ0n) is 24.6. The van der Waals surface area contributed by atoms with Crippen molar-refractivity contribution in [3.63, 3.8) is 0 Å². The van der Waals surface area contributed by atoms with E-state index in [1.54, 1.807) is 18.3 Å². The van der Waals surface area contributed by atoms with Crippen LogP contribution in [-0.4, -0.2) is 78.1 Å². The highest BCUT2D eigenvalue weighted by Gasteiger charge is 2.54. The van der Waals surface area contributed by atoms with E-state index in [2.05, 4.69) is 26.6 Å². The molecule has 1 saturated carbocycles. The van der Waals surface area contributed by atoms with Crippen molar-refractivity contribution in [2.45, 2.75) is 38.1 Å². The Morgan fingerprint density at radius 3 is 2.52 bits per heavy atom. The molecule has 3 fully saturated rings. The van der Waals surface area contributed by atoms with Crippen LogP contribution in [0.5, 0.6) is 11.6 Å². The van der Waals surface area contributed by atoms with Gasteiger partial charge in [0.2, 0.25) is 5.88 Å². The van der Waals surface area contributed by atoms with Crippen molar-refractivity contribution in [1.82, 2.24) is 20.6 Å². The smallest absolute Gasteiger partial charge is 0.488 e. The average molecular weight is 643 g/mol. The van der Waals surface area contributed by atoms with Gasteiger partial charge in [-0.25, -0.2) is 19.2 Å². The van der Waals surface area contributed by atoms with E-state index in [1.807, 2.05) is 25.1 Å². The number of aromatic nitrogens is 2. The number of anilines is 1. The number of aliphatic carboxylic acids is 1. The number of carbonyl (C=O) groups is 2. The highest BCUT2D eigenvalue weighted by atomic mass is 19.4. The minimum atomic E-state index is -5.08. The Kier molecular flexibility index (Phi) is 9.29. The van der Waals surface area contributed by atoms with Crippen LogP contribution in [0.1, 0.15) is 35.8 Å². The molecule has 15 heteroatoms. The summed E-state index contributed by atoms with van der Waals surface area (Å²) in [6.45, 7) is 5.38. The summed E-state index contributed by atoms with van der Waals surface area (Å²) in [4.78, 5) is 33.3. The summed E-state index contributed by atoms with van der Waals surface area (Å²) in [6, 6.07) is 13.8. The number of nitriles is 1. The number of hydrogen-bond donors (Lipinski definition) is 3. The predicted octanol–water partition coefficient (Wildman–Crippen LogP) is 3.94. The summed E-state index contributed by atoms with van der Waals surface area (Å²) in [7, 11) is 0. The maximum atomic E-state index is 13.5. The molecule has 0 unspecified atom stereocenters. The van der Waals surface area contributed by atoms with Gasteiger partial charge in [-0.1, -0.05) is 0 Å². The van der Waals surface area contributed by atoms with E-state index < -0.39 is 18.0 Å². The second-order valence-electron chi connectivity index (χ2n) is 11.2. The number of carboxylic acid groups (broad SMARTS) is 1. The fourth-order valence-corrected chi connectivity index (χ4v) is 5.57. The second kappa shape index (κ2) is 13.2. The van der Waals surface area contributed by atoms with Gasteiger partial charge in [0.05, 0.1) is 35.2 Å². The number of halogens is 4. The van der Waals surface area contributed by atoms with Crippen LogP contribution >= 0.6 is 0 Å². The molecule has 2 aromatic heterocycles. The number of nitrogens with zero attached hydrogens (tertiary/aromatic N) is 4. The Bertz CT molecular complexity index is 1650. The van der Waals surface area contributed by atoms with E-state index in [9.17, 15) is 27.6 Å². The summed E-state index contributed by atoms with van der Waals surface area (Å²) in [6.07, 6.45) is -1.80. The Morgan fingerprint density at radius 2 is 1.91 bits per heavy atom. The van der Waals surface area contributed by atoms with Crippen LogP contribution in [0.15, 0.2) is 48.7 Å². The zero-order valence-corrected chi connectivity index (χ0v) is 24.6. The van der Waals surface area contributed by atoms with Crippen LogP contribution in [0, 0.1) is 22.6 Å².